The number of benzene rings is 1. The highest BCUT2D eigenvalue weighted by atomic mass is 16.2. The van der Waals surface area contributed by atoms with Crippen LogP contribution in [0.5, 0.6) is 0 Å². The summed E-state index contributed by atoms with van der Waals surface area (Å²) in [5.74, 6) is 0.00656. The predicted molar refractivity (Wildman–Crippen MR) is 110 cm³/mol. The van der Waals surface area contributed by atoms with Gasteiger partial charge in [0.1, 0.15) is 5.54 Å². The van der Waals surface area contributed by atoms with E-state index in [1.165, 1.54) is 19.3 Å². The molecule has 1 saturated carbocycles. The van der Waals surface area contributed by atoms with Crippen molar-refractivity contribution in [1.29, 1.82) is 0 Å². The van der Waals surface area contributed by atoms with Crippen molar-refractivity contribution in [3.05, 3.63) is 35.9 Å². The highest BCUT2D eigenvalue weighted by Gasteiger charge is 2.44. The molecule has 150 valence electrons. The summed E-state index contributed by atoms with van der Waals surface area (Å²) in [6.07, 6.45) is 9.02. The van der Waals surface area contributed by atoms with Crippen LogP contribution in [-0.4, -0.2) is 28.3 Å². The summed E-state index contributed by atoms with van der Waals surface area (Å²) in [6.45, 7) is 6.24. The van der Waals surface area contributed by atoms with E-state index in [9.17, 15) is 9.59 Å². The van der Waals surface area contributed by atoms with Gasteiger partial charge in [-0.25, -0.2) is 0 Å². The summed E-state index contributed by atoms with van der Waals surface area (Å²) < 4.78 is 0. The van der Waals surface area contributed by atoms with E-state index < -0.39 is 5.54 Å². The summed E-state index contributed by atoms with van der Waals surface area (Å²) >= 11 is 0. The molecule has 4 nitrogen and oxygen atoms in total. The van der Waals surface area contributed by atoms with Crippen LogP contribution in [0, 0.1) is 0 Å². The van der Waals surface area contributed by atoms with E-state index in [-0.39, 0.29) is 17.9 Å². The zero-order valence-electron chi connectivity index (χ0n) is 17.3. The summed E-state index contributed by atoms with van der Waals surface area (Å²) in [6, 6.07) is 10.2. The van der Waals surface area contributed by atoms with Gasteiger partial charge in [0.25, 0.3) is 0 Å². The standard InChI is InChI=1S/C23H36N2O2/c1-4-6-17-23(5-2,22(27)24-21-15-11-8-12-16-21)25(19(3)26)18-20-13-9-7-10-14-20/h7,9-10,13-14,21H,4-6,8,11-12,15-18H2,1-3H3,(H,24,27). The summed E-state index contributed by atoms with van der Waals surface area (Å²) in [4.78, 5) is 28.0. The van der Waals surface area contributed by atoms with Crippen molar-refractivity contribution in [2.75, 3.05) is 0 Å². The largest absolute Gasteiger partial charge is 0.351 e. The number of hydrogen-bond acceptors (Lipinski definition) is 2. The Morgan fingerprint density at radius 1 is 1.11 bits per heavy atom. The van der Waals surface area contributed by atoms with Crippen molar-refractivity contribution in [3.8, 4) is 0 Å². The lowest BCUT2D eigenvalue weighted by molar-refractivity contribution is -0.149. The lowest BCUT2D eigenvalue weighted by Crippen LogP contribution is -2.61. The highest BCUT2D eigenvalue weighted by Crippen LogP contribution is 2.30. The predicted octanol–water partition coefficient (Wildman–Crippen LogP) is 4.82. The number of carbonyl (C=O) groups is 2. The van der Waals surface area contributed by atoms with Gasteiger partial charge in [0, 0.05) is 19.5 Å². The minimum absolute atomic E-state index is 0.0319. The Balaban J connectivity index is 2.29. The molecule has 1 unspecified atom stereocenters. The molecule has 2 amide bonds. The Bertz CT molecular complexity index is 596. The third-order valence-corrected chi connectivity index (χ3v) is 5.97. The maximum Gasteiger partial charge on any atom is 0.246 e. The number of nitrogens with zero attached hydrogens (tertiary/aromatic N) is 1. The molecule has 0 bridgehead atoms. The molecular weight excluding hydrogens is 336 g/mol. The minimum atomic E-state index is -0.769. The van der Waals surface area contributed by atoms with Gasteiger partial charge < -0.3 is 10.2 Å². The van der Waals surface area contributed by atoms with Gasteiger partial charge >= 0.3 is 0 Å². The third kappa shape index (κ3) is 5.57. The van der Waals surface area contributed by atoms with Crippen LogP contribution < -0.4 is 5.32 Å². The van der Waals surface area contributed by atoms with Crippen LogP contribution in [0.2, 0.25) is 0 Å². The average Bonchev–Trinajstić information content (AvgIpc) is 2.69. The van der Waals surface area contributed by atoms with Crippen LogP contribution in [0.3, 0.4) is 0 Å². The summed E-state index contributed by atoms with van der Waals surface area (Å²) in [7, 11) is 0. The van der Waals surface area contributed by atoms with E-state index in [4.69, 9.17) is 0 Å². The Kier molecular flexibility index (Phi) is 8.33. The van der Waals surface area contributed by atoms with Crippen molar-refractivity contribution >= 4 is 11.8 Å². The highest BCUT2D eigenvalue weighted by molar-refractivity contribution is 5.91. The maximum absolute atomic E-state index is 13.5. The fourth-order valence-electron chi connectivity index (χ4n) is 4.27. The molecule has 0 heterocycles. The Hall–Kier alpha value is -1.84. The van der Waals surface area contributed by atoms with Gasteiger partial charge in [-0.05, 0) is 31.2 Å². The maximum atomic E-state index is 13.5. The van der Waals surface area contributed by atoms with Crippen LogP contribution in [0.4, 0.5) is 0 Å². The molecule has 2 rings (SSSR count). The molecule has 1 atom stereocenters. The number of unbranched alkanes of at least 4 members (excludes halogenated alkanes) is 1. The van der Waals surface area contributed by atoms with Crippen molar-refractivity contribution in [2.24, 2.45) is 0 Å². The zero-order chi connectivity index (χ0) is 19.7. The average molecular weight is 373 g/mol. The second kappa shape index (κ2) is 10.5. The van der Waals surface area contributed by atoms with Gasteiger partial charge in [-0.1, -0.05) is 76.3 Å². The topological polar surface area (TPSA) is 49.4 Å². The van der Waals surface area contributed by atoms with E-state index in [1.807, 2.05) is 42.2 Å². The molecule has 1 aromatic carbocycles. The molecule has 0 radical (unpaired) electrons. The lowest BCUT2D eigenvalue weighted by atomic mass is 9.84. The van der Waals surface area contributed by atoms with Gasteiger partial charge in [-0.3, -0.25) is 9.59 Å². The van der Waals surface area contributed by atoms with E-state index in [1.54, 1.807) is 6.92 Å². The van der Waals surface area contributed by atoms with Crippen molar-refractivity contribution in [2.45, 2.75) is 96.7 Å². The molecule has 0 spiro atoms. The second-order valence-corrected chi connectivity index (χ2v) is 7.89. The minimum Gasteiger partial charge on any atom is -0.351 e. The van der Waals surface area contributed by atoms with E-state index in [0.717, 1.165) is 31.2 Å². The molecule has 1 aliphatic rings. The van der Waals surface area contributed by atoms with Gasteiger partial charge in [0.05, 0.1) is 0 Å². The first-order chi connectivity index (χ1) is 13.0. The van der Waals surface area contributed by atoms with Crippen LogP contribution in [0.1, 0.15) is 84.1 Å². The number of carbonyl (C=O) groups excluding carboxylic acids is 2. The summed E-state index contributed by atoms with van der Waals surface area (Å²) in [5, 5.41) is 3.31. The Labute approximate surface area is 164 Å². The second-order valence-electron chi connectivity index (χ2n) is 7.89. The first-order valence-electron chi connectivity index (χ1n) is 10.7. The van der Waals surface area contributed by atoms with Crippen LogP contribution in [0.25, 0.3) is 0 Å². The molecule has 0 aromatic heterocycles. The van der Waals surface area contributed by atoms with Crippen LogP contribution in [0.15, 0.2) is 30.3 Å². The van der Waals surface area contributed by atoms with Crippen molar-refractivity contribution in [1.82, 2.24) is 10.2 Å². The first kappa shape index (κ1) is 21.5. The van der Waals surface area contributed by atoms with Crippen molar-refractivity contribution in [3.63, 3.8) is 0 Å². The number of hydrogen-bond donors (Lipinski definition) is 1. The van der Waals surface area contributed by atoms with Gasteiger partial charge in [0.15, 0.2) is 0 Å². The SMILES string of the molecule is CCCCC(CC)(C(=O)NC1CCCCC1)N(Cc1ccccc1)C(C)=O. The molecule has 27 heavy (non-hydrogen) atoms. The molecule has 1 aliphatic carbocycles. The Morgan fingerprint density at radius 3 is 2.33 bits per heavy atom. The van der Waals surface area contributed by atoms with E-state index >= 15 is 0 Å². The summed E-state index contributed by atoms with van der Waals surface area (Å²) in [5.41, 5.74) is 0.294. The van der Waals surface area contributed by atoms with E-state index in [0.29, 0.717) is 19.4 Å². The monoisotopic (exact) mass is 372 g/mol. The first-order valence-corrected chi connectivity index (χ1v) is 10.7. The van der Waals surface area contributed by atoms with Crippen LogP contribution >= 0.6 is 0 Å². The zero-order valence-corrected chi connectivity index (χ0v) is 17.3. The van der Waals surface area contributed by atoms with Gasteiger partial charge in [-0.15, -0.1) is 0 Å². The van der Waals surface area contributed by atoms with Crippen LogP contribution in [-0.2, 0) is 16.1 Å². The van der Waals surface area contributed by atoms with E-state index in [2.05, 4.69) is 12.2 Å². The normalized spacial score (nSPS) is 17.1. The molecule has 1 fully saturated rings. The smallest absolute Gasteiger partial charge is 0.246 e. The molecule has 0 saturated heterocycles. The fraction of sp³-hybridized carbons (Fsp3) is 0.652. The Morgan fingerprint density at radius 2 is 1.78 bits per heavy atom. The number of nitrogens with one attached hydrogen (secondary N) is 1. The molecule has 4 heteroatoms. The lowest BCUT2D eigenvalue weighted by Gasteiger charge is -2.43. The van der Waals surface area contributed by atoms with Gasteiger partial charge in [-0.2, -0.15) is 0 Å². The number of rotatable bonds is 9. The molecular formula is C23H36N2O2. The quantitative estimate of drug-likeness (QED) is 0.675. The fourth-order valence-corrected chi connectivity index (χ4v) is 4.27. The number of amides is 2. The molecule has 0 aliphatic heterocycles. The molecule has 1 N–H and O–H groups in total. The van der Waals surface area contributed by atoms with Crippen molar-refractivity contribution < 1.29 is 9.59 Å². The van der Waals surface area contributed by atoms with Gasteiger partial charge in [0.2, 0.25) is 11.8 Å². The third-order valence-electron chi connectivity index (χ3n) is 5.97. The molecule has 1 aromatic rings.